The zero-order valence-corrected chi connectivity index (χ0v) is 22.3. The minimum atomic E-state index is -1.11. The highest BCUT2D eigenvalue weighted by atomic mass is 16.7. The smallest absolute Gasteiger partial charge is 0.207 e. The fourth-order valence-electron chi connectivity index (χ4n) is 6.80. The number of Topliss-reactive ketones (excluding diaryl/α,β-unsaturated/α-hetero) is 1. The van der Waals surface area contributed by atoms with Gasteiger partial charge in [-0.25, -0.2) is 0 Å². The van der Waals surface area contributed by atoms with Crippen LogP contribution in [-0.2, 0) is 15.2 Å². The van der Waals surface area contributed by atoms with Crippen molar-refractivity contribution in [1.82, 2.24) is 0 Å². The number of aryl methyl sites for hydroxylation is 3. The summed E-state index contributed by atoms with van der Waals surface area (Å²) in [6.07, 6.45) is 0.541. The van der Waals surface area contributed by atoms with Gasteiger partial charge in [-0.15, -0.1) is 0 Å². The maximum Gasteiger partial charge on any atom is 0.207 e. The molecule has 1 aliphatic heterocycles. The normalized spacial score (nSPS) is 22.3. The predicted molar refractivity (Wildman–Crippen MR) is 154 cm³/mol. The number of carbonyl (C=O) groups is 1. The van der Waals surface area contributed by atoms with Gasteiger partial charge < -0.3 is 4.84 Å². The standard InChI is InChI=1S/C35H31NO2/c1-5-34-32(29-24(3)21-23(2)22-25(29)4)36-38-35(34,28-19-13-8-14-20-28)31(27-17-11-7-12-18-27)30(33(34)37)26-15-9-6-10-16-26/h6-22H,5H2,1-4H3/t34-,35+/m0/s1. The Kier molecular flexibility index (Phi) is 5.68. The van der Waals surface area contributed by atoms with Crippen LogP contribution in [0.2, 0.25) is 0 Å². The second kappa shape index (κ2) is 8.95. The SMILES string of the molecule is CC[C@]12C(=O)C(c3ccccc3)=C(c3ccccc3)[C@@]1(c1ccccc1)ON=C2c1c(C)cc(C)cc1C. The topological polar surface area (TPSA) is 38.7 Å². The van der Waals surface area contributed by atoms with E-state index in [4.69, 9.17) is 9.99 Å². The van der Waals surface area contributed by atoms with Gasteiger partial charge >= 0.3 is 0 Å². The van der Waals surface area contributed by atoms with E-state index in [0.29, 0.717) is 12.0 Å². The van der Waals surface area contributed by atoms with Gasteiger partial charge in [-0.1, -0.05) is 121 Å². The van der Waals surface area contributed by atoms with Gasteiger partial charge in [-0.05, 0) is 49.4 Å². The minimum Gasteiger partial charge on any atom is -0.378 e. The van der Waals surface area contributed by atoms with E-state index < -0.39 is 11.0 Å². The van der Waals surface area contributed by atoms with Gasteiger partial charge in [-0.2, -0.15) is 0 Å². The highest BCUT2D eigenvalue weighted by molar-refractivity contribution is 6.43. The number of fused-ring (bicyclic) bond motifs is 1. The molecule has 0 aromatic heterocycles. The maximum atomic E-state index is 15.2. The molecule has 38 heavy (non-hydrogen) atoms. The molecule has 4 aromatic rings. The van der Waals surface area contributed by atoms with E-state index in [9.17, 15) is 0 Å². The van der Waals surface area contributed by atoms with Crippen molar-refractivity contribution in [1.29, 1.82) is 0 Å². The van der Waals surface area contributed by atoms with Gasteiger partial charge in [0.1, 0.15) is 11.1 Å². The summed E-state index contributed by atoms with van der Waals surface area (Å²) in [7, 11) is 0. The first-order valence-electron chi connectivity index (χ1n) is 13.3. The van der Waals surface area contributed by atoms with Crippen molar-refractivity contribution < 1.29 is 9.63 Å². The molecule has 4 aromatic carbocycles. The van der Waals surface area contributed by atoms with Gasteiger partial charge in [0.25, 0.3) is 0 Å². The lowest BCUT2D eigenvalue weighted by Gasteiger charge is -2.39. The van der Waals surface area contributed by atoms with Gasteiger partial charge in [0.05, 0.1) is 0 Å². The third-order valence-electron chi connectivity index (χ3n) is 8.25. The summed E-state index contributed by atoms with van der Waals surface area (Å²) in [5.74, 6) is 0.0598. The Balaban J connectivity index is 1.75. The number of carbonyl (C=O) groups excluding carboxylic acids is 1. The van der Waals surface area contributed by atoms with Crippen molar-refractivity contribution in [2.24, 2.45) is 10.6 Å². The summed E-state index contributed by atoms with van der Waals surface area (Å²) in [6, 6.07) is 34.7. The molecule has 2 aliphatic rings. The van der Waals surface area contributed by atoms with Crippen LogP contribution in [0.4, 0.5) is 0 Å². The van der Waals surface area contributed by atoms with E-state index in [1.807, 2.05) is 66.7 Å². The number of hydrogen-bond donors (Lipinski definition) is 0. The largest absolute Gasteiger partial charge is 0.378 e. The second-order valence-electron chi connectivity index (χ2n) is 10.4. The molecule has 0 saturated carbocycles. The van der Waals surface area contributed by atoms with Crippen LogP contribution in [0, 0.1) is 26.2 Å². The van der Waals surface area contributed by atoms with E-state index in [2.05, 4.69) is 64.1 Å². The first-order chi connectivity index (χ1) is 18.5. The maximum absolute atomic E-state index is 15.2. The van der Waals surface area contributed by atoms with E-state index in [0.717, 1.165) is 44.7 Å². The highest BCUT2D eigenvalue weighted by Gasteiger charge is 2.72. The van der Waals surface area contributed by atoms with Crippen LogP contribution in [-0.4, -0.2) is 11.5 Å². The first kappa shape index (κ1) is 24.1. The molecule has 0 bridgehead atoms. The number of hydrogen-bond acceptors (Lipinski definition) is 3. The molecule has 1 heterocycles. The summed E-state index contributed by atoms with van der Waals surface area (Å²) in [6.45, 7) is 8.40. The molecular weight excluding hydrogens is 466 g/mol. The first-order valence-corrected chi connectivity index (χ1v) is 13.3. The molecule has 1 aliphatic carbocycles. The van der Waals surface area contributed by atoms with E-state index in [1.54, 1.807) is 0 Å². The zero-order chi connectivity index (χ0) is 26.5. The van der Waals surface area contributed by atoms with Gasteiger partial charge in [0.15, 0.2) is 5.78 Å². The Morgan fingerprint density at radius 1 is 0.737 bits per heavy atom. The van der Waals surface area contributed by atoms with Crippen molar-refractivity contribution in [3.63, 3.8) is 0 Å². The second-order valence-corrected chi connectivity index (χ2v) is 10.4. The fourth-order valence-corrected chi connectivity index (χ4v) is 6.80. The Morgan fingerprint density at radius 2 is 1.26 bits per heavy atom. The lowest BCUT2D eigenvalue weighted by Crippen LogP contribution is -2.50. The summed E-state index contributed by atoms with van der Waals surface area (Å²) in [5.41, 5.74) is 7.36. The molecule has 0 spiro atoms. The zero-order valence-electron chi connectivity index (χ0n) is 22.3. The molecule has 6 rings (SSSR count). The molecule has 0 radical (unpaired) electrons. The Labute approximate surface area is 224 Å². The van der Waals surface area contributed by atoms with Crippen molar-refractivity contribution in [2.45, 2.75) is 39.7 Å². The number of allylic oxidation sites excluding steroid dienone is 1. The third kappa shape index (κ3) is 3.14. The molecule has 3 heteroatoms. The monoisotopic (exact) mass is 497 g/mol. The summed E-state index contributed by atoms with van der Waals surface area (Å²) >= 11 is 0. The van der Waals surface area contributed by atoms with Crippen molar-refractivity contribution in [3.05, 3.63) is 142 Å². The summed E-state index contributed by atoms with van der Waals surface area (Å²) < 4.78 is 0. The molecule has 0 saturated heterocycles. The molecule has 188 valence electrons. The molecule has 0 fully saturated rings. The van der Waals surface area contributed by atoms with E-state index in [1.165, 1.54) is 5.56 Å². The van der Waals surface area contributed by atoms with Crippen LogP contribution in [0.25, 0.3) is 11.1 Å². The third-order valence-corrected chi connectivity index (χ3v) is 8.25. The van der Waals surface area contributed by atoms with Crippen molar-refractivity contribution >= 4 is 22.6 Å². The van der Waals surface area contributed by atoms with Crippen LogP contribution in [0.3, 0.4) is 0 Å². The van der Waals surface area contributed by atoms with Crippen LogP contribution >= 0.6 is 0 Å². The van der Waals surface area contributed by atoms with Crippen molar-refractivity contribution in [2.75, 3.05) is 0 Å². The van der Waals surface area contributed by atoms with E-state index >= 15 is 4.79 Å². The quantitative estimate of drug-likeness (QED) is 0.282. The van der Waals surface area contributed by atoms with Crippen LogP contribution in [0.1, 0.15) is 52.3 Å². The summed E-state index contributed by atoms with van der Waals surface area (Å²) in [5, 5.41) is 4.85. The molecule has 2 atom stereocenters. The average molecular weight is 498 g/mol. The number of rotatable bonds is 5. The molecule has 0 N–H and O–H groups in total. The lowest BCUT2D eigenvalue weighted by atomic mass is 9.61. The number of benzene rings is 4. The average Bonchev–Trinajstić information content (AvgIpc) is 3.39. The highest BCUT2D eigenvalue weighted by Crippen LogP contribution is 2.66. The fraction of sp³-hybridized carbons (Fsp3) is 0.200. The minimum absolute atomic E-state index is 0.0598. The number of nitrogens with zero attached hydrogens (tertiary/aromatic N) is 1. The lowest BCUT2D eigenvalue weighted by molar-refractivity contribution is -0.127. The predicted octanol–water partition coefficient (Wildman–Crippen LogP) is 7.83. The summed E-state index contributed by atoms with van der Waals surface area (Å²) in [4.78, 5) is 21.9. The molecular formula is C35H31NO2. The molecule has 0 unspecified atom stereocenters. The van der Waals surface area contributed by atoms with Crippen LogP contribution in [0.5, 0.6) is 0 Å². The van der Waals surface area contributed by atoms with Gasteiger partial charge in [0.2, 0.25) is 5.60 Å². The van der Waals surface area contributed by atoms with E-state index in [-0.39, 0.29) is 5.78 Å². The Morgan fingerprint density at radius 3 is 1.82 bits per heavy atom. The van der Waals surface area contributed by atoms with Crippen LogP contribution in [0.15, 0.2) is 108 Å². The van der Waals surface area contributed by atoms with Gasteiger partial charge in [0, 0.05) is 22.3 Å². The molecule has 3 nitrogen and oxygen atoms in total. The van der Waals surface area contributed by atoms with Crippen LogP contribution < -0.4 is 0 Å². The molecule has 0 amide bonds. The number of oxime groups is 1. The number of ketones is 1. The van der Waals surface area contributed by atoms with Crippen molar-refractivity contribution in [3.8, 4) is 0 Å². The Bertz CT molecular complexity index is 1580. The van der Waals surface area contributed by atoms with Gasteiger partial charge in [-0.3, -0.25) is 4.79 Å². The Hall–Kier alpha value is -4.24.